The molecule has 0 aliphatic heterocycles. The highest BCUT2D eigenvalue weighted by Crippen LogP contribution is 2.20. The van der Waals surface area contributed by atoms with Gasteiger partial charge in [-0.3, -0.25) is 4.79 Å². The van der Waals surface area contributed by atoms with Crippen LogP contribution in [-0.2, 0) is 9.53 Å². The van der Waals surface area contributed by atoms with E-state index in [9.17, 15) is 4.79 Å². The highest BCUT2D eigenvalue weighted by Gasteiger charge is 2.19. The summed E-state index contributed by atoms with van der Waals surface area (Å²) in [6.07, 6.45) is 6.39. The molecule has 1 fully saturated rings. The molecule has 3 nitrogen and oxygen atoms in total. The quantitative estimate of drug-likeness (QED) is 0.708. The Kier molecular flexibility index (Phi) is 7.44. The van der Waals surface area contributed by atoms with Gasteiger partial charge in [-0.05, 0) is 24.7 Å². The minimum Gasteiger partial charge on any atom is -0.368 e. The minimum absolute atomic E-state index is 0.160. The monoisotopic (exact) mass is 269 g/mol. The van der Waals surface area contributed by atoms with Gasteiger partial charge in [0.2, 0.25) is 5.91 Å². The van der Waals surface area contributed by atoms with Gasteiger partial charge in [0.25, 0.3) is 0 Å². The molecule has 1 rings (SSSR count). The standard InChI is InChI=1S/C16H31NO2/c1-13(2)10-17(11-14(3)4)16(18)12-19-15-8-6-5-7-9-15/h13-15H,5-12H2,1-4H3. The van der Waals surface area contributed by atoms with Crippen molar-refractivity contribution in [3.05, 3.63) is 0 Å². The summed E-state index contributed by atoms with van der Waals surface area (Å²) in [5.41, 5.74) is 0. The summed E-state index contributed by atoms with van der Waals surface area (Å²) in [6, 6.07) is 0. The molecule has 0 unspecified atom stereocenters. The predicted octanol–water partition coefficient (Wildman–Crippen LogP) is 3.48. The molecule has 19 heavy (non-hydrogen) atoms. The first kappa shape index (κ1) is 16.5. The molecule has 0 spiro atoms. The summed E-state index contributed by atoms with van der Waals surface area (Å²) in [5, 5.41) is 0. The largest absolute Gasteiger partial charge is 0.368 e. The van der Waals surface area contributed by atoms with Gasteiger partial charge >= 0.3 is 0 Å². The van der Waals surface area contributed by atoms with Crippen molar-refractivity contribution in [1.82, 2.24) is 4.90 Å². The third-order valence-corrected chi connectivity index (χ3v) is 3.52. The molecule has 0 N–H and O–H groups in total. The maximum atomic E-state index is 12.3. The molecule has 0 radical (unpaired) electrons. The summed E-state index contributed by atoms with van der Waals surface area (Å²) in [6.45, 7) is 10.6. The lowest BCUT2D eigenvalue weighted by Gasteiger charge is -2.28. The van der Waals surface area contributed by atoms with E-state index in [2.05, 4.69) is 27.7 Å². The number of nitrogens with zero attached hydrogens (tertiary/aromatic N) is 1. The Hall–Kier alpha value is -0.570. The molecule has 1 saturated carbocycles. The molecule has 1 aliphatic rings. The van der Waals surface area contributed by atoms with Crippen LogP contribution in [0.1, 0.15) is 59.8 Å². The molecule has 0 saturated heterocycles. The van der Waals surface area contributed by atoms with Crippen LogP contribution in [0.2, 0.25) is 0 Å². The van der Waals surface area contributed by atoms with Gasteiger partial charge in [-0.15, -0.1) is 0 Å². The number of carbonyl (C=O) groups excluding carboxylic acids is 1. The lowest BCUT2D eigenvalue weighted by molar-refractivity contribution is -0.139. The lowest BCUT2D eigenvalue weighted by atomic mass is 9.98. The summed E-state index contributed by atoms with van der Waals surface area (Å²) < 4.78 is 5.80. The van der Waals surface area contributed by atoms with Crippen LogP contribution in [0, 0.1) is 11.8 Å². The predicted molar refractivity (Wildman–Crippen MR) is 79.1 cm³/mol. The SMILES string of the molecule is CC(C)CN(CC(C)C)C(=O)COC1CCCCC1. The van der Waals surface area contributed by atoms with E-state index in [0.717, 1.165) is 25.9 Å². The van der Waals surface area contributed by atoms with Gasteiger partial charge in [0.15, 0.2) is 0 Å². The van der Waals surface area contributed by atoms with E-state index in [1.165, 1.54) is 19.3 Å². The molecule has 0 bridgehead atoms. The van der Waals surface area contributed by atoms with E-state index in [0.29, 0.717) is 17.9 Å². The molecule has 0 heterocycles. The Morgan fingerprint density at radius 1 is 1.05 bits per heavy atom. The Bertz CT molecular complexity index is 247. The Morgan fingerprint density at radius 2 is 1.58 bits per heavy atom. The third kappa shape index (κ3) is 6.95. The fourth-order valence-electron chi connectivity index (χ4n) is 2.67. The van der Waals surface area contributed by atoms with E-state index in [-0.39, 0.29) is 12.5 Å². The second kappa shape index (κ2) is 8.57. The van der Waals surface area contributed by atoms with Crippen molar-refractivity contribution in [1.29, 1.82) is 0 Å². The first-order valence-electron chi connectivity index (χ1n) is 7.88. The summed E-state index contributed by atoms with van der Waals surface area (Å²) >= 11 is 0. The van der Waals surface area contributed by atoms with E-state index in [1.54, 1.807) is 0 Å². The second-order valence-corrected chi connectivity index (χ2v) is 6.66. The zero-order valence-corrected chi connectivity index (χ0v) is 13.2. The number of rotatable bonds is 7. The molecule has 0 atom stereocenters. The van der Waals surface area contributed by atoms with Crippen molar-refractivity contribution in [2.75, 3.05) is 19.7 Å². The van der Waals surface area contributed by atoms with Gasteiger partial charge in [0.1, 0.15) is 6.61 Å². The zero-order chi connectivity index (χ0) is 14.3. The zero-order valence-electron chi connectivity index (χ0n) is 13.2. The molecule has 0 aromatic heterocycles. The van der Waals surface area contributed by atoms with Crippen molar-refractivity contribution < 1.29 is 9.53 Å². The van der Waals surface area contributed by atoms with Gasteiger partial charge in [-0.1, -0.05) is 47.0 Å². The van der Waals surface area contributed by atoms with Crippen LogP contribution in [0.15, 0.2) is 0 Å². The fourth-order valence-corrected chi connectivity index (χ4v) is 2.67. The van der Waals surface area contributed by atoms with E-state index < -0.39 is 0 Å². The Labute approximate surface area is 118 Å². The normalized spacial score (nSPS) is 17.2. The molecular formula is C16H31NO2. The smallest absolute Gasteiger partial charge is 0.248 e. The van der Waals surface area contributed by atoms with Crippen LogP contribution in [-0.4, -0.2) is 36.6 Å². The summed E-state index contributed by atoms with van der Waals surface area (Å²) in [5.74, 6) is 1.18. The Balaban J connectivity index is 2.37. The minimum atomic E-state index is 0.160. The number of hydrogen-bond acceptors (Lipinski definition) is 2. The van der Waals surface area contributed by atoms with Gasteiger partial charge in [0, 0.05) is 13.1 Å². The molecule has 112 valence electrons. The van der Waals surface area contributed by atoms with Crippen molar-refractivity contribution in [2.45, 2.75) is 65.9 Å². The van der Waals surface area contributed by atoms with Crippen molar-refractivity contribution in [2.24, 2.45) is 11.8 Å². The average Bonchev–Trinajstić information content (AvgIpc) is 2.35. The molecular weight excluding hydrogens is 238 g/mol. The molecule has 0 aromatic rings. The fraction of sp³-hybridized carbons (Fsp3) is 0.938. The molecule has 1 aliphatic carbocycles. The van der Waals surface area contributed by atoms with E-state index in [4.69, 9.17) is 4.74 Å². The lowest BCUT2D eigenvalue weighted by Crippen LogP contribution is -2.40. The molecule has 1 amide bonds. The third-order valence-electron chi connectivity index (χ3n) is 3.52. The highest BCUT2D eigenvalue weighted by atomic mass is 16.5. The van der Waals surface area contributed by atoms with Crippen LogP contribution in [0.3, 0.4) is 0 Å². The van der Waals surface area contributed by atoms with Crippen molar-refractivity contribution >= 4 is 5.91 Å². The average molecular weight is 269 g/mol. The number of ether oxygens (including phenoxy) is 1. The first-order valence-corrected chi connectivity index (χ1v) is 7.88. The number of carbonyl (C=O) groups is 1. The maximum Gasteiger partial charge on any atom is 0.248 e. The van der Waals surface area contributed by atoms with E-state index in [1.807, 2.05) is 4.90 Å². The molecule has 0 aromatic carbocycles. The van der Waals surface area contributed by atoms with Gasteiger partial charge < -0.3 is 9.64 Å². The first-order chi connectivity index (χ1) is 8.99. The van der Waals surface area contributed by atoms with Crippen LogP contribution in [0.4, 0.5) is 0 Å². The van der Waals surface area contributed by atoms with Gasteiger partial charge in [-0.2, -0.15) is 0 Å². The Morgan fingerprint density at radius 3 is 2.05 bits per heavy atom. The summed E-state index contributed by atoms with van der Waals surface area (Å²) in [4.78, 5) is 14.2. The number of hydrogen-bond donors (Lipinski definition) is 0. The summed E-state index contributed by atoms with van der Waals surface area (Å²) in [7, 11) is 0. The highest BCUT2D eigenvalue weighted by molar-refractivity contribution is 5.77. The topological polar surface area (TPSA) is 29.5 Å². The van der Waals surface area contributed by atoms with Crippen molar-refractivity contribution in [3.8, 4) is 0 Å². The van der Waals surface area contributed by atoms with Crippen LogP contribution in [0.25, 0.3) is 0 Å². The van der Waals surface area contributed by atoms with Crippen molar-refractivity contribution in [3.63, 3.8) is 0 Å². The van der Waals surface area contributed by atoms with E-state index >= 15 is 0 Å². The molecule has 3 heteroatoms. The van der Waals surface area contributed by atoms with Crippen LogP contribution in [0.5, 0.6) is 0 Å². The number of amides is 1. The maximum absolute atomic E-state index is 12.3. The van der Waals surface area contributed by atoms with Crippen LogP contribution < -0.4 is 0 Å². The van der Waals surface area contributed by atoms with Gasteiger partial charge in [0.05, 0.1) is 6.10 Å². The van der Waals surface area contributed by atoms with Crippen LogP contribution >= 0.6 is 0 Å². The second-order valence-electron chi connectivity index (χ2n) is 6.66. The van der Waals surface area contributed by atoms with Gasteiger partial charge in [-0.25, -0.2) is 0 Å².